The van der Waals surface area contributed by atoms with Crippen LogP contribution < -0.4 is 10.6 Å². The summed E-state index contributed by atoms with van der Waals surface area (Å²) in [6, 6.07) is 16.7. The summed E-state index contributed by atoms with van der Waals surface area (Å²) in [4.78, 5) is 28.3. The zero-order valence-electron chi connectivity index (χ0n) is 14.4. The van der Waals surface area contributed by atoms with Gasteiger partial charge in [-0.05, 0) is 29.8 Å². The number of carbonyl (C=O) groups is 2. The molecule has 0 atom stereocenters. The Morgan fingerprint density at radius 1 is 1.04 bits per heavy atom. The first-order valence-corrected chi connectivity index (χ1v) is 9.04. The summed E-state index contributed by atoms with van der Waals surface area (Å²) >= 11 is 1.33. The van der Waals surface area contributed by atoms with Gasteiger partial charge in [-0.25, -0.2) is 4.98 Å². The number of hydrogen-bond acceptors (Lipinski definition) is 5. The second kappa shape index (κ2) is 7.05. The van der Waals surface area contributed by atoms with Crippen LogP contribution in [-0.4, -0.2) is 16.8 Å². The molecule has 4 rings (SSSR count). The van der Waals surface area contributed by atoms with Crippen LogP contribution >= 0.6 is 11.3 Å². The van der Waals surface area contributed by atoms with E-state index < -0.39 is 0 Å². The van der Waals surface area contributed by atoms with Crippen LogP contribution in [0.1, 0.15) is 17.5 Å². The zero-order valence-corrected chi connectivity index (χ0v) is 15.2. The minimum Gasteiger partial charge on any atom is -0.459 e. The second-order valence-electron chi connectivity index (χ2n) is 5.87. The first kappa shape index (κ1) is 17.0. The third kappa shape index (κ3) is 3.58. The van der Waals surface area contributed by atoms with E-state index in [2.05, 4.69) is 15.6 Å². The highest BCUT2D eigenvalue weighted by Gasteiger charge is 2.18. The zero-order chi connectivity index (χ0) is 18.8. The van der Waals surface area contributed by atoms with E-state index in [1.165, 1.54) is 24.5 Å². The van der Waals surface area contributed by atoms with Gasteiger partial charge in [0.15, 0.2) is 10.9 Å². The molecule has 2 amide bonds. The Balaban J connectivity index is 1.59. The van der Waals surface area contributed by atoms with E-state index in [9.17, 15) is 9.59 Å². The highest BCUT2D eigenvalue weighted by atomic mass is 32.1. The summed E-state index contributed by atoms with van der Waals surface area (Å²) in [5.41, 5.74) is 3.06. The molecule has 2 heterocycles. The van der Waals surface area contributed by atoms with Crippen molar-refractivity contribution >= 4 is 44.2 Å². The Morgan fingerprint density at radius 2 is 1.85 bits per heavy atom. The lowest BCUT2D eigenvalue weighted by Gasteiger charge is -2.02. The van der Waals surface area contributed by atoms with E-state index in [1.807, 2.05) is 36.4 Å². The standard InChI is InChI=1S/C20H15N3O3S/c1-12(24)21-14-7-8-16-17(11-14)27-20(22-16)23-19(25)18-15(9-10-26-18)13-5-3-2-4-6-13/h2-11H,1H3,(H,21,24)(H,22,23,25). The Kier molecular flexibility index (Phi) is 4.43. The van der Waals surface area contributed by atoms with Crippen LogP contribution in [0, 0.1) is 0 Å². The highest BCUT2D eigenvalue weighted by Crippen LogP contribution is 2.30. The summed E-state index contributed by atoms with van der Waals surface area (Å²) in [7, 11) is 0. The number of nitrogens with zero attached hydrogens (tertiary/aromatic N) is 1. The summed E-state index contributed by atoms with van der Waals surface area (Å²) in [5.74, 6) is -0.266. The molecule has 0 saturated heterocycles. The molecule has 4 aromatic rings. The molecule has 2 N–H and O–H groups in total. The van der Waals surface area contributed by atoms with Crippen LogP contribution in [0.25, 0.3) is 21.3 Å². The maximum Gasteiger partial charge on any atom is 0.293 e. The summed E-state index contributed by atoms with van der Waals surface area (Å²) in [6.45, 7) is 1.45. The van der Waals surface area contributed by atoms with Crippen molar-refractivity contribution in [2.45, 2.75) is 6.92 Å². The van der Waals surface area contributed by atoms with Gasteiger partial charge in [-0.1, -0.05) is 41.7 Å². The van der Waals surface area contributed by atoms with E-state index in [4.69, 9.17) is 4.42 Å². The van der Waals surface area contributed by atoms with Gasteiger partial charge < -0.3 is 9.73 Å². The van der Waals surface area contributed by atoms with Gasteiger partial charge in [-0.15, -0.1) is 0 Å². The predicted octanol–water partition coefficient (Wildman–Crippen LogP) is 4.77. The number of anilines is 2. The molecular formula is C20H15N3O3S. The molecule has 0 bridgehead atoms. The Bertz CT molecular complexity index is 1130. The fraction of sp³-hybridized carbons (Fsp3) is 0.0500. The molecule has 0 aliphatic heterocycles. The van der Waals surface area contributed by atoms with Crippen LogP contribution in [0.15, 0.2) is 65.3 Å². The van der Waals surface area contributed by atoms with Crippen LogP contribution in [0.2, 0.25) is 0 Å². The van der Waals surface area contributed by atoms with Crippen molar-refractivity contribution < 1.29 is 14.0 Å². The van der Waals surface area contributed by atoms with Crippen molar-refractivity contribution in [2.24, 2.45) is 0 Å². The van der Waals surface area contributed by atoms with Gasteiger partial charge in [-0.3, -0.25) is 14.9 Å². The van der Waals surface area contributed by atoms with Crippen molar-refractivity contribution in [1.29, 1.82) is 0 Å². The summed E-state index contributed by atoms with van der Waals surface area (Å²) in [6.07, 6.45) is 1.50. The second-order valence-corrected chi connectivity index (χ2v) is 6.90. The smallest absolute Gasteiger partial charge is 0.293 e. The van der Waals surface area contributed by atoms with Gasteiger partial charge in [-0.2, -0.15) is 0 Å². The number of furan rings is 1. The third-order valence-corrected chi connectivity index (χ3v) is 4.82. The van der Waals surface area contributed by atoms with Crippen molar-refractivity contribution in [3.63, 3.8) is 0 Å². The predicted molar refractivity (Wildman–Crippen MR) is 106 cm³/mol. The molecule has 27 heavy (non-hydrogen) atoms. The lowest BCUT2D eigenvalue weighted by Crippen LogP contribution is -2.11. The minimum absolute atomic E-state index is 0.140. The van der Waals surface area contributed by atoms with E-state index in [-0.39, 0.29) is 17.6 Å². The first-order valence-electron chi connectivity index (χ1n) is 8.22. The lowest BCUT2D eigenvalue weighted by molar-refractivity contribution is -0.114. The number of carbonyl (C=O) groups excluding carboxylic acids is 2. The molecule has 2 aromatic heterocycles. The highest BCUT2D eigenvalue weighted by molar-refractivity contribution is 7.22. The number of fused-ring (bicyclic) bond motifs is 1. The average Bonchev–Trinajstić information content (AvgIpc) is 3.28. The molecular weight excluding hydrogens is 362 g/mol. The van der Waals surface area contributed by atoms with E-state index in [0.29, 0.717) is 10.8 Å². The molecule has 0 aliphatic carbocycles. The largest absolute Gasteiger partial charge is 0.459 e. The van der Waals surface area contributed by atoms with Gasteiger partial charge in [0.2, 0.25) is 5.91 Å². The van der Waals surface area contributed by atoms with E-state index >= 15 is 0 Å². The number of hydrogen-bond donors (Lipinski definition) is 2. The summed E-state index contributed by atoms with van der Waals surface area (Å²) < 4.78 is 6.27. The lowest BCUT2D eigenvalue weighted by atomic mass is 10.1. The molecule has 0 saturated carbocycles. The van der Waals surface area contributed by atoms with Crippen LogP contribution in [-0.2, 0) is 4.79 Å². The molecule has 134 valence electrons. The van der Waals surface area contributed by atoms with Crippen LogP contribution in [0.3, 0.4) is 0 Å². The first-order chi connectivity index (χ1) is 13.1. The number of rotatable bonds is 4. The number of nitrogens with one attached hydrogen (secondary N) is 2. The monoisotopic (exact) mass is 377 g/mol. The van der Waals surface area contributed by atoms with Gasteiger partial charge >= 0.3 is 0 Å². The van der Waals surface area contributed by atoms with Crippen LogP contribution in [0.4, 0.5) is 10.8 Å². The Morgan fingerprint density at radius 3 is 2.63 bits per heavy atom. The minimum atomic E-state index is -0.361. The number of amides is 2. The van der Waals surface area contributed by atoms with E-state index in [0.717, 1.165) is 21.3 Å². The molecule has 7 heteroatoms. The van der Waals surface area contributed by atoms with Gasteiger partial charge in [0.1, 0.15) is 0 Å². The van der Waals surface area contributed by atoms with Crippen LogP contribution in [0.5, 0.6) is 0 Å². The Hall–Kier alpha value is -3.45. The number of thiazole rings is 1. The molecule has 0 aliphatic rings. The molecule has 0 radical (unpaired) electrons. The van der Waals surface area contributed by atoms with Crippen molar-refractivity contribution in [3.8, 4) is 11.1 Å². The number of aromatic nitrogens is 1. The van der Waals surface area contributed by atoms with Crippen molar-refractivity contribution in [3.05, 3.63) is 66.6 Å². The van der Waals surface area contributed by atoms with Gasteiger partial charge in [0.05, 0.1) is 16.5 Å². The number of benzene rings is 2. The van der Waals surface area contributed by atoms with E-state index in [1.54, 1.807) is 18.2 Å². The fourth-order valence-corrected chi connectivity index (χ4v) is 3.64. The normalized spacial score (nSPS) is 10.7. The maximum absolute atomic E-state index is 12.7. The maximum atomic E-state index is 12.7. The summed E-state index contributed by atoms with van der Waals surface area (Å²) in [5, 5.41) is 5.99. The average molecular weight is 377 g/mol. The Labute approximate surface area is 158 Å². The fourth-order valence-electron chi connectivity index (χ4n) is 2.74. The van der Waals surface area contributed by atoms with Gasteiger partial charge in [0, 0.05) is 18.2 Å². The SMILES string of the molecule is CC(=O)Nc1ccc2nc(NC(=O)c3occc3-c3ccccc3)sc2c1. The molecule has 0 unspecified atom stereocenters. The van der Waals surface area contributed by atoms with Crippen molar-refractivity contribution in [1.82, 2.24) is 4.98 Å². The van der Waals surface area contributed by atoms with Crippen molar-refractivity contribution in [2.75, 3.05) is 10.6 Å². The molecule has 2 aromatic carbocycles. The van der Waals surface area contributed by atoms with Gasteiger partial charge in [0.25, 0.3) is 5.91 Å². The molecule has 0 spiro atoms. The third-order valence-electron chi connectivity index (χ3n) is 3.89. The quantitative estimate of drug-likeness (QED) is 0.537. The molecule has 6 nitrogen and oxygen atoms in total. The molecule has 0 fully saturated rings. The topological polar surface area (TPSA) is 84.2 Å².